The number of nitrogens with two attached hydrogens (primary N) is 1. The lowest BCUT2D eigenvalue weighted by atomic mass is 9.60. The molecule has 0 aliphatic heterocycles. The van der Waals surface area contributed by atoms with Gasteiger partial charge in [-0.05, 0) is 55.2 Å². The molecule has 0 radical (unpaired) electrons. The van der Waals surface area contributed by atoms with Crippen molar-refractivity contribution < 1.29 is 4.79 Å². The van der Waals surface area contributed by atoms with Gasteiger partial charge in [-0.1, -0.05) is 37.8 Å². The van der Waals surface area contributed by atoms with Crippen LogP contribution in [0.15, 0.2) is 30.3 Å². The lowest BCUT2D eigenvalue weighted by molar-refractivity contribution is 0.0766. The van der Waals surface area contributed by atoms with Gasteiger partial charge < -0.3 is 5.73 Å². The number of hydrogen-bond acceptors (Lipinski definition) is 2. The van der Waals surface area contributed by atoms with E-state index in [0.717, 1.165) is 23.2 Å². The molecule has 3 heteroatoms. The quantitative estimate of drug-likeness (QED) is 0.922. The molecule has 4 rings (SSSR count). The third kappa shape index (κ3) is 2.73. The second-order valence-corrected chi connectivity index (χ2v) is 7.57. The summed E-state index contributed by atoms with van der Waals surface area (Å²) in [4.78, 5) is 16.4. The van der Waals surface area contributed by atoms with Gasteiger partial charge in [0.05, 0.1) is 5.52 Å². The molecule has 2 aliphatic rings. The molecular weight excluding hydrogens is 284 g/mol. The number of nitrogens with zero attached hydrogens (tertiary/aromatic N) is 1. The van der Waals surface area contributed by atoms with Crippen LogP contribution < -0.4 is 5.73 Å². The van der Waals surface area contributed by atoms with Crippen molar-refractivity contribution in [3.8, 4) is 0 Å². The third-order valence-electron chi connectivity index (χ3n) is 5.97. The molecule has 2 aromatic rings. The molecule has 2 bridgehead atoms. The molecule has 120 valence electrons. The van der Waals surface area contributed by atoms with Crippen molar-refractivity contribution in [1.29, 1.82) is 0 Å². The first-order valence-corrected chi connectivity index (χ1v) is 8.84. The molecule has 3 nitrogen and oxygen atoms in total. The summed E-state index contributed by atoms with van der Waals surface area (Å²) in [6.07, 6.45) is 10.8. The number of benzene rings is 1. The topological polar surface area (TPSA) is 56.0 Å². The van der Waals surface area contributed by atoms with Crippen LogP contribution in [0.1, 0.15) is 61.0 Å². The molecule has 0 saturated heterocycles. The first-order chi connectivity index (χ1) is 11.2. The monoisotopic (exact) mass is 308 g/mol. The van der Waals surface area contributed by atoms with E-state index in [1.807, 2.05) is 18.2 Å². The van der Waals surface area contributed by atoms with Crippen LogP contribution in [-0.4, -0.2) is 10.9 Å². The maximum Gasteiger partial charge on any atom is 0.249 e. The van der Waals surface area contributed by atoms with Gasteiger partial charge in [-0.3, -0.25) is 9.78 Å². The van der Waals surface area contributed by atoms with Crippen molar-refractivity contribution in [3.05, 3.63) is 41.6 Å². The van der Waals surface area contributed by atoms with Gasteiger partial charge in [0.25, 0.3) is 0 Å². The van der Waals surface area contributed by atoms with Gasteiger partial charge in [0, 0.05) is 16.6 Å². The molecule has 23 heavy (non-hydrogen) atoms. The Kier molecular flexibility index (Phi) is 3.59. The number of fused-ring (bicyclic) bond motifs is 3. The Morgan fingerprint density at radius 1 is 1.17 bits per heavy atom. The molecule has 1 aromatic heterocycles. The van der Waals surface area contributed by atoms with Gasteiger partial charge in [-0.2, -0.15) is 0 Å². The van der Waals surface area contributed by atoms with E-state index in [2.05, 4.69) is 6.07 Å². The van der Waals surface area contributed by atoms with E-state index in [4.69, 9.17) is 10.7 Å². The molecule has 1 amide bonds. The second kappa shape index (κ2) is 5.63. The van der Waals surface area contributed by atoms with E-state index in [1.54, 1.807) is 6.07 Å². The van der Waals surface area contributed by atoms with Crippen molar-refractivity contribution in [3.63, 3.8) is 0 Å². The summed E-state index contributed by atoms with van der Waals surface area (Å²) < 4.78 is 0. The molecule has 0 spiro atoms. The SMILES string of the molecule is NC(=O)c1cccc2nc(CC34CCCC(CCC3)C4)ccc12. The minimum atomic E-state index is -0.383. The summed E-state index contributed by atoms with van der Waals surface area (Å²) in [5.74, 6) is 0.561. The Bertz CT molecular complexity index is 742. The van der Waals surface area contributed by atoms with Crippen LogP contribution in [0.5, 0.6) is 0 Å². The first-order valence-electron chi connectivity index (χ1n) is 8.84. The van der Waals surface area contributed by atoms with Gasteiger partial charge in [0.2, 0.25) is 5.91 Å². The number of pyridine rings is 1. The van der Waals surface area contributed by atoms with Crippen LogP contribution in [0.25, 0.3) is 10.9 Å². The predicted molar refractivity (Wildman–Crippen MR) is 92.2 cm³/mol. The van der Waals surface area contributed by atoms with Crippen LogP contribution in [0.2, 0.25) is 0 Å². The zero-order valence-corrected chi connectivity index (χ0v) is 13.6. The van der Waals surface area contributed by atoms with Gasteiger partial charge in [-0.25, -0.2) is 0 Å². The minimum Gasteiger partial charge on any atom is -0.366 e. The van der Waals surface area contributed by atoms with Gasteiger partial charge >= 0.3 is 0 Å². The van der Waals surface area contributed by atoms with Crippen LogP contribution in [0.3, 0.4) is 0 Å². The number of hydrogen-bond donors (Lipinski definition) is 1. The normalized spacial score (nSPS) is 27.0. The van der Waals surface area contributed by atoms with Crippen molar-refractivity contribution >= 4 is 16.8 Å². The highest BCUT2D eigenvalue weighted by Crippen LogP contribution is 2.50. The average molecular weight is 308 g/mol. The van der Waals surface area contributed by atoms with Crippen molar-refractivity contribution in [2.45, 2.75) is 51.4 Å². The fourth-order valence-electron chi connectivity index (χ4n) is 4.97. The molecule has 2 N–H and O–H groups in total. The Morgan fingerprint density at radius 3 is 2.70 bits per heavy atom. The highest BCUT2D eigenvalue weighted by molar-refractivity contribution is 6.05. The zero-order valence-electron chi connectivity index (χ0n) is 13.6. The average Bonchev–Trinajstić information content (AvgIpc) is 2.54. The van der Waals surface area contributed by atoms with E-state index in [0.29, 0.717) is 11.0 Å². The third-order valence-corrected chi connectivity index (χ3v) is 5.97. The molecule has 2 fully saturated rings. The summed E-state index contributed by atoms with van der Waals surface area (Å²) >= 11 is 0. The Hall–Kier alpha value is -1.90. The van der Waals surface area contributed by atoms with E-state index in [-0.39, 0.29) is 5.91 Å². The summed E-state index contributed by atoms with van der Waals surface area (Å²) in [7, 11) is 0. The van der Waals surface area contributed by atoms with Crippen LogP contribution >= 0.6 is 0 Å². The highest BCUT2D eigenvalue weighted by Gasteiger charge is 2.39. The number of aromatic nitrogens is 1. The first kappa shape index (κ1) is 14.7. The lowest BCUT2D eigenvalue weighted by Crippen LogP contribution is -2.34. The number of carbonyl (C=O) groups is 1. The van der Waals surface area contributed by atoms with Crippen LogP contribution in [0.4, 0.5) is 0 Å². The maximum atomic E-state index is 11.6. The van der Waals surface area contributed by atoms with E-state index >= 15 is 0 Å². The largest absolute Gasteiger partial charge is 0.366 e. The summed E-state index contributed by atoms with van der Waals surface area (Å²) in [5, 5.41) is 0.867. The Labute approximate surface area is 137 Å². The molecule has 0 unspecified atom stereocenters. The Balaban J connectivity index is 1.66. The van der Waals surface area contributed by atoms with Gasteiger partial charge in [-0.15, -0.1) is 0 Å². The number of rotatable bonds is 3. The molecule has 0 atom stereocenters. The van der Waals surface area contributed by atoms with E-state index in [1.165, 1.54) is 50.6 Å². The second-order valence-electron chi connectivity index (χ2n) is 7.57. The Morgan fingerprint density at radius 2 is 1.96 bits per heavy atom. The predicted octanol–water partition coefficient (Wildman–Crippen LogP) is 4.24. The maximum absolute atomic E-state index is 11.6. The minimum absolute atomic E-state index is 0.383. The fraction of sp³-hybridized carbons (Fsp3) is 0.500. The molecule has 1 heterocycles. The number of amides is 1. The van der Waals surface area contributed by atoms with Crippen molar-refractivity contribution in [2.24, 2.45) is 17.1 Å². The van der Waals surface area contributed by atoms with Crippen molar-refractivity contribution in [2.75, 3.05) is 0 Å². The molecule has 2 aliphatic carbocycles. The smallest absolute Gasteiger partial charge is 0.249 e. The number of primary amides is 1. The summed E-state index contributed by atoms with van der Waals surface area (Å²) in [6.45, 7) is 0. The zero-order chi connectivity index (χ0) is 15.9. The van der Waals surface area contributed by atoms with Crippen molar-refractivity contribution in [1.82, 2.24) is 4.98 Å². The van der Waals surface area contributed by atoms with Gasteiger partial charge in [0.15, 0.2) is 0 Å². The van der Waals surface area contributed by atoms with Gasteiger partial charge in [0.1, 0.15) is 0 Å². The highest BCUT2D eigenvalue weighted by atomic mass is 16.1. The lowest BCUT2D eigenvalue weighted by Gasteiger charge is -2.45. The molecule has 2 saturated carbocycles. The fourth-order valence-corrected chi connectivity index (χ4v) is 4.97. The molecule has 1 aromatic carbocycles. The van der Waals surface area contributed by atoms with E-state index in [9.17, 15) is 4.79 Å². The number of carbonyl (C=O) groups excluding carboxylic acids is 1. The van der Waals surface area contributed by atoms with E-state index < -0.39 is 0 Å². The summed E-state index contributed by atoms with van der Waals surface area (Å²) in [6, 6.07) is 9.75. The molecular formula is C20H24N2O. The van der Waals surface area contributed by atoms with Crippen LogP contribution in [-0.2, 0) is 6.42 Å². The standard InChI is InChI=1S/C20H24N2O/c21-19(23)17-6-1-7-18-16(17)9-8-15(22-18)13-20-10-2-4-14(12-20)5-3-11-20/h1,6-9,14H,2-5,10-13H2,(H2,21,23). The summed E-state index contributed by atoms with van der Waals surface area (Å²) in [5.41, 5.74) is 8.56. The van der Waals surface area contributed by atoms with Crippen LogP contribution in [0, 0.1) is 11.3 Å².